The second-order valence-corrected chi connectivity index (χ2v) is 4.87. The van der Waals surface area contributed by atoms with Crippen LogP contribution in [0.1, 0.15) is 18.4 Å². The molecule has 1 unspecified atom stereocenters. The third kappa shape index (κ3) is 3.47. The van der Waals surface area contributed by atoms with Crippen LogP contribution in [0.2, 0.25) is 0 Å². The summed E-state index contributed by atoms with van der Waals surface area (Å²) in [6.07, 6.45) is 0.928. The van der Waals surface area contributed by atoms with Crippen LogP contribution >= 0.6 is 0 Å². The van der Waals surface area contributed by atoms with Gasteiger partial charge in [0.15, 0.2) is 0 Å². The Morgan fingerprint density at radius 2 is 2.17 bits per heavy atom. The average molecular weight is 248 g/mol. The van der Waals surface area contributed by atoms with Gasteiger partial charge in [0.2, 0.25) is 0 Å². The molecular formula is C14H20N2O2. The van der Waals surface area contributed by atoms with E-state index in [1.54, 1.807) is 0 Å². The van der Waals surface area contributed by atoms with Gasteiger partial charge in [-0.05, 0) is 25.5 Å². The minimum absolute atomic E-state index is 0.236. The molecule has 0 aliphatic carbocycles. The Morgan fingerprint density at radius 3 is 2.83 bits per heavy atom. The number of nitrogens with zero attached hydrogens (tertiary/aromatic N) is 1. The summed E-state index contributed by atoms with van der Waals surface area (Å²) in [5, 5.41) is 12.1. The van der Waals surface area contributed by atoms with Crippen molar-refractivity contribution < 1.29 is 9.90 Å². The molecule has 0 amide bonds. The maximum absolute atomic E-state index is 10.6. The van der Waals surface area contributed by atoms with Crippen LogP contribution in [0.15, 0.2) is 24.3 Å². The Balaban J connectivity index is 1.93. The van der Waals surface area contributed by atoms with Gasteiger partial charge in [-0.3, -0.25) is 4.79 Å². The van der Waals surface area contributed by atoms with E-state index in [9.17, 15) is 4.79 Å². The van der Waals surface area contributed by atoms with E-state index in [0.717, 1.165) is 19.6 Å². The molecule has 0 radical (unpaired) electrons. The topological polar surface area (TPSA) is 52.6 Å². The molecule has 4 nitrogen and oxygen atoms in total. The fourth-order valence-corrected chi connectivity index (χ4v) is 2.31. The Bertz CT molecular complexity index is 403. The number of carboxylic acids is 1. The van der Waals surface area contributed by atoms with Crippen LogP contribution in [0.3, 0.4) is 0 Å². The number of hydrogen-bond donors (Lipinski definition) is 2. The standard InChI is InChI=1S/C14H20N2O2/c1-11-2-5-13(6-3-11)16-9-8-15-12(10-16)4-7-14(17)18/h2-3,5-6,12,15H,4,7-10H2,1H3,(H,17,18). The Labute approximate surface area is 108 Å². The van der Waals surface area contributed by atoms with E-state index in [2.05, 4.69) is 41.4 Å². The normalized spacial score (nSPS) is 19.8. The number of hydrogen-bond acceptors (Lipinski definition) is 3. The maximum atomic E-state index is 10.6. The highest BCUT2D eigenvalue weighted by Crippen LogP contribution is 2.17. The number of carbonyl (C=O) groups is 1. The minimum Gasteiger partial charge on any atom is -0.481 e. The van der Waals surface area contributed by atoms with Crippen molar-refractivity contribution in [2.45, 2.75) is 25.8 Å². The van der Waals surface area contributed by atoms with Gasteiger partial charge in [0.1, 0.15) is 0 Å². The largest absolute Gasteiger partial charge is 0.481 e. The van der Waals surface area contributed by atoms with Gasteiger partial charge in [0.25, 0.3) is 0 Å². The summed E-state index contributed by atoms with van der Waals surface area (Å²) in [7, 11) is 0. The third-order valence-corrected chi connectivity index (χ3v) is 3.36. The van der Waals surface area contributed by atoms with Crippen LogP contribution < -0.4 is 10.2 Å². The highest BCUT2D eigenvalue weighted by Gasteiger charge is 2.19. The molecule has 1 aliphatic heterocycles. The first-order valence-electron chi connectivity index (χ1n) is 6.42. The van der Waals surface area contributed by atoms with Crippen LogP contribution in [-0.4, -0.2) is 36.8 Å². The van der Waals surface area contributed by atoms with E-state index < -0.39 is 5.97 Å². The highest BCUT2D eigenvalue weighted by atomic mass is 16.4. The molecule has 1 heterocycles. The van der Waals surface area contributed by atoms with E-state index in [4.69, 9.17) is 5.11 Å². The zero-order chi connectivity index (χ0) is 13.0. The van der Waals surface area contributed by atoms with Crippen LogP contribution in [0.5, 0.6) is 0 Å². The quantitative estimate of drug-likeness (QED) is 0.850. The first-order chi connectivity index (χ1) is 8.65. The van der Waals surface area contributed by atoms with Crippen LogP contribution in [-0.2, 0) is 4.79 Å². The van der Waals surface area contributed by atoms with Crippen molar-refractivity contribution in [2.75, 3.05) is 24.5 Å². The first kappa shape index (κ1) is 12.9. The van der Waals surface area contributed by atoms with Gasteiger partial charge in [-0.25, -0.2) is 0 Å². The van der Waals surface area contributed by atoms with Crippen molar-refractivity contribution in [3.63, 3.8) is 0 Å². The number of aliphatic carboxylic acids is 1. The molecule has 4 heteroatoms. The van der Waals surface area contributed by atoms with E-state index in [0.29, 0.717) is 6.42 Å². The van der Waals surface area contributed by atoms with Gasteiger partial charge in [-0.1, -0.05) is 17.7 Å². The molecule has 0 spiro atoms. The Kier molecular flexibility index (Phi) is 4.20. The van der Waals surface area contributed by atoms with E-state index >= 15 is 0 Å². The number of benzene rings is 1. The molecule has 1 aliphatic rings. The van der Waals surface area contributed by atoms with Gasteiger partial charge in [0, 0.05) is 37.8 Å². The summed E-state index contributed by atoms with van der Waals surface area (Å²) in [5.41, 5.74) is 2.48. The summed E-state index contributed by atoms with van der Waals surface area (Å²) >= 11 is 0. The molecule has 1 aromatic rings. The summed E-state index contributed by atoms with van der Waals surface area (Å²) in [4.78, 5) is 12.9. The van der Waals surface area contributed by atoms with Crippen molar-refractivity contribution in [3.8, 4) is 0 Å². The lowest BCUT2D eigenvalue weighted by Gasteiger charge is -2.35. The first-order valence-corrected chi connectivity index (χ1v) is 6.42. The Hall–Kier alpha value is -1.55. The zero-order valence-corrected chi connectivity index (χ0v) is 10.7. The van der Waals surface area contributed by atoms with E-state index in [1.165, 1.54) is 11.3 Å². The maximum Gasteiger partial charge on any atom is 0.303 e. The number of carboxylic acid groups (broad SMARTS) is 1. The number of piperazine rings is 1. The van der Waals surface area contributed by atoms with Crippen LogP contribution in [0, 0.1) is 6.92 Å². The molecule has 18 heavy (non-hydrogen) atoms. The summed E-state index contributed by atoms with van der Waals surface area (Å²) in [6, 6.07) is 8.77. The lowest BCUT2D eigenvalue weighted by Crippen LogP contribution is -2.50. The van der Waals surface area contributed by atoms with Crippen molar-refractivity contribution in [3.05, 3.63) is 29.8 Å². The number of anilines is 1. The van der Waals surface area contributed by atoms with Crippen LogP contribution in [0.25, 0.3) is 0 Å². The molecule has 1 atom stereocenters. The SMILES string of the molecule is Cc1ccc(N2CCNC(CCC(=O)O)C2)cc1. The van der Waals surface area contributed by atoms with Crippen LogP contribution in [0.4, 0.5) is 5.69 Å². The molecule has 98 valence electrons. The monoisotopic (exact) mass is 248 g/mol. The number of aryl methyl sites for hydroxylation is 1. The van der Waals surface area contributed by atoms with E-state index in [1.807, 2.05) is 0 Å². The van der Waals surface area contributed by atoms with Gasteiger partial charge in [-0.15, -0.1) is 0 Å². The second-order valence-electron chi connectivity index (χ2n) is 4.87. The predicted octanol–water partition coefficient (Wildman–Crippen LogP) is 1.64. The smallest absolute Gasteiger partial charge is 0.303 e. The fraction of sp³-hybridized carbons (Fsp3) is 0.500. The lowest BCUT2D eigenvalue weighted by molar-refractivity contribution is -0.137. The van der Waals surface area contributed by atoms with Crippen molar-refractivity contribution in [1.29, 1.82) is 0 Å². The fourth-order valence-electron chi connectivity index (χ4n) is 2.31. The number of nitrogens with one attached hydrogen (secondary N) is 1. The lowest BCUT2D eigenvalue weighted by atomic mass is 10.1. The minimum atomic E-state index is -0.718. The van der Waals surface area contributed by atoms with Crippen molar-refractivity contribution in [2.24, 2.45) is 0 Å². The summed E-state index contributed by atoms with van der Waals surface area (Å²) in [6.45, 7) is 4.86. The highest BCUT2D eigenvalue weighted by molar-refractivity contribution is 5.66. The Morgan fingerprint density at radius 1 is 1.44 bits per heavy atom. The van der Waals surface area contributed by atoms with Gasteiger partial charge < -0.3 is 15.3 Å². The predicted molar refractivity (Wildman–Crippen MR) is 72.1 cm³/mol. The molecule has 1 fully saturated rings. The molecule has 0 saturated carbocycles. The second kappa shape index (κ2) is 5.87. The number of rotatable bonds is 4. The zero-order valence-electron chi connectivity index (χ0n) is 10.7. The molecule has 2 rings (SSSR count). The molecule has 0 bridgehead atoms. The molecule has 0 aromatic heterocycles. The van der Waals surface area contributed by atoms with Gasteiger partial charge in [-0.2, -0.15) is 0 Å². The molecular weight excluding hydrogens is 228 g/mol. The summed E-state index contributed by atoms with van der Waals surface area (Å²) < 4.78 is 0. The van der Waals surface area contributed by atoms with Crippen molar-refractivity contribution in [1.82, 2.24) is 5.32 Å². The molecule has 1 saturated heterocycles. The van der Waals surface area contributed by atoms with Gasteiger partial charge in [0.05, 0.1) is 0 Å². The van der Waals surface area contributed by atoms with Gasteiger partial charge >= 0.3 is 5.97 Å². The van der Waals surface area contributed by atoms with E-state index in [-0.39, 0.29) is 12.5 Å². The average Bonchev–Trinajstić information content (AvgIpc) is 2.37. The molecule has 1 aromatic carbocycles. The third-order valence-electron chi connectivity index (χ3n) is 3.36. The van der Waals surface area contributed by atoms with Crippen molar-refractivity contribution >= 4 is 11.7 Å². The summed E-state index contributed by atoms with van der Waals surface area (Å²) in [5.74, 6) is -0.718. The molecule has 2 N–H and O–H groups in total.